The number of carbonyl (C=O) groups excluding carboxylic acids is 1. The normalized spacial score (nSPS) is 19.0. The fraction of sp³-hybridized carbons (Fsp3) is 0.533. The average molecular weight is 365 g/mol. The molecule has 1 amide bonds. The minimum absolute atomic E-state index is 0.111. The van der Waals surface area contributed by atoms with Gasteiger partial charge < -0.3 is 10.6 Å². The van der Waals surface area contributed by atoms with E-state index in [1.807, 2.05) is 7.05 Å². The zero-order valence-corrected chi connectivity index (χ0v) is 14.7. The van der Waals surface area contributed by atoms with E-state index >= 15 is 0 Å². The van der Waals surface area contributed by atoms with Crippen LogP contribution in [0.5, 0.6) is 0 Å². The number of halogens is 3. The van der Waals surface area contributed by atoms with Crippen LogP contribution >= 0.6 is 34.8 Å². The van der Waals surface area contributed by atoms with Crippen molar-refractivity contribution in [1.29, 1.82) is 0 Å². The minimum atomic E-state index is -0.111. The number of nitrogens with one attached hydrogen (secondary N) is 2. The van der Waals surface area contributed by atoms with Crippen LogP contribution in [0.25, 0.3) is 0 Å². The van der Waals surface area contributed by atoms with Gasteiger partial charge in [-0.15, -0.1) is 0 Å². The molecule has 0 saturated carbocycles. The Balaban J connectivity index is 1.93. The fourth-order valence-electron chi connectivity index (χ4n) is 2.61. The van der Waals surface area contributed by atoms with E-state index in [0.717, 1.165) is 32.4 Å². The second-order valence-electron chi connectivity index (χ2n) is 5.54. The predicted octanol–water partition coefficient (Wildman–Crippen LogP) is 3.66. The van der Waals surface area contributed by atoms with Crippen molar-refractivity contribution in [2.24, 2.45) is 0 Å². The molecule has 1 fully saturated rings. The Morgan fingerprint density at radius 1 is 1.23 bits per heavy atom. The molecule has 1 aromatic rings. The molecule has 0 bridgehead atoms. The molecule has 1 saturated heterocycles. The minimum Gasteiger partial charge on any atom is -0.324 e. The lowest BCUT2D eigenvalue weighted by Gasteiger charge is -2.26. The van der Waals surface area contributed by atoms with Crippen LogP contribution in [0.3, 0.4) is 0 Å². The van der Waals surface area contributed by atoms with E-state index in [9.17, 15) is 4.79 Å². The Kier molecular flexibility index (Phi) is 6.78. The van der Waals surface area contributed by atoms with Gasteiger partial charge in [0, 0.05) is 6.04 Å². The van der Waals surface area contributed by atoms with Gasteiger partial charge in [0.05, 0.1) is 27.3 Å². The smallest absolute Gasteiger partial charge is 0.238 e. The van der Waals surface area contributed by atoms with E-state index in [4.69, 9.17) is 34.8 Å². The molecule has 0 aliphatic carbocycles. The summed E-state index contributed by atoms with van der Waals surface area (Å²) in [5, 5.41) is 7.28. The van der Waals surface area contributed by atoms with Crippen LogP contribution in [-0.4, -0.2) is 43.5 Å². The monoisotopic (exact) mass is 363 g/mol. The summed E-state index contributed by atoms with van der Waals surface area (Å²) in [5.74, 6) is -0.111. The van der Waals surface area contributed by atoms with Crippen LogP contribution in [-0.2, 0) is 4.79 Å². The third-order valence-corrected chi connectivity index (χ3v) is 4.88. The summed E-state index contributed by atoms with van der Waals surface area (Å²) in [5.41, 5.74) is 0.483. The van der Waals surface area contributed by atoms with Crippen LogP contribution in [0.4, 0.5) is 5.69 Å². The van der Waals surface area contributed by atoms with Crippen LogP contribution in [0.15, 0.2) is 12.1 Å². The summed E-state index contributed by atoms with van der Waals surface area (Å²) < 4.78 is 0. The van der Waals surface area contributed by atoms with Crippen molar-refractivity contribution in [1.82, 2.24) is 10.2 Å². The quantitative estimate of drug-likeness (QED) is 0.801. The molecule has 22 heavy (non-hydrogen) atoms. The SMILES string of the molecule is CN(CC(=O)Nc1cc(Cl)c(Cl)cc1Cl)C1CCCNCC1. The van der Waals surface area contributed by atoms with Gasteiger partial charge in [-0.2, -0.15) is 0 Å². The lowest BCUT2D eigenvalue weighted by atomic mass is 10.1. The second kappa shape index (κ2) is 8.37. The number of likely N-dealkylation sites (N-methyl/N-ethyl adjacent to an activating group) is 1. The molecule has 1 aliphatic rings. The number of benzene rings is 1. The van der Waals surface area contributed by atoms with E-state index in [2.05, 4.69) is 15.5 Å². The standard InChI is InChI=1S/C15H20Cl3N3O/c1-21(10-3-2-5-19-6-4-10)9-15(22)20-14-8-12(17)11(16)7-13(14)18/h7-8,10,19H,2-6,9H2,1H3,(H,20,22). The van der Waals surface area contributed by atoms with Gasteiger partial charge in [0.1, 0.15) is 0 Å². The van der Waals surface area contributed by atoms with E-state index in [-0.39, 0.29) is 5.91 Å². The van der Waals surface area contributed by atoms with Gasteiger partial charge in [-0.25, -0.2) is 0 Å². The number of nitrogens with zero attached hydrogens (tertiary/aromatic N) is 1. The van der Waals surface area contributed by atoms with Gasteiger partial charge in [0.15, 0.2) is 0 Å². The van der Waals surface area contributed by atoms with Crippen molar-refractivity contribution in [2.75, 3.05) is 32.0 Å². The Morgan fingerprint density at radius 3 is 2.73 bits per heavy atom. The van der Waals surface area contributed by atoms with Crippen LogP contribution in [0, 0.1) is 0 Å². The van der Waals surface area contributed by atoms with Crippen molar-refractivity contribution in [3.05, 3.63) is 27.2 Å². The van der Waals surface area contributed by atoms with E-state index in [0.29, 0.717) is 33.3 Å². The number of anilines is 1. The second-order valence-corrected chi connectivity index (χ2v) is 6.77. The summed E-state index contributed by atoms with van der Waals surface area (Å²) in [4.78, 5) is 14.3. The molecule has 1 heterocycles. The average Bonchev–Trinajstić information content (AvgIpc) is 2.73. The Bertz CT molecular complexity index is 531. The number of hydrogen-bond acceptors (Lipinski definition) is 3. The maximum absolute atomic E-state index is 12.2. The van der Waals surface area contributed by atoms with Gasteiger partial charge in [0.25, 0.3) is 0 Å². The molecular weight excluding hydrogens is 345 g/mol. The van der Waals surface area contributed by atoms with Crippen molar-refractivity contribution in [3.8, 4) is 0 Å². The highest BCUT2D eigenvalue weighted by Gasteiger charge is 2.19. The van der Waals surface area contributed by atoms with Crippen LogP contribution < -0.4 is 10.6 Å². The molecule has 1 aliphatic heterocycles. The topological polar surface area (TPSA) is 44.4 Å². The molecule has 2 rings (SSSR count). The number of amides is 1. The van der Waals surface area contributed by atoms with Crippen molar-refractivity contribution >= 4 is 46.4 Å². The summed E-state index contributed by atoms with van der Waals surface area (Å²) in [6, 6.07) is 3.52. The van der Waals surface area contributed by atoms with Crippen molar-refractivity contribution < 1.29 is 4.79 Å². The molecule has 1 atom stereocenters. The molecule has 4 nitrogen and oxygen atoms in total. The Morgan fingerprint density at radius 2 is 1.95 bits per heavy atom. The third-order valence-electron chi connectivity index (χ3n) is 3.85. The van der Waals surface area contributed by atoms with Crippen LogP contribution in [0.1, 0.15) is 19.3 Å². The summed E-state index contributed by atoms with van der Waals surface area (Å²) >= 11 is 17.9. The predicted molar refractivity (Wildman–Crippen MR) is 93.2 cm³/mol. The summed E-state index contributed by atoms with van der Waals surface area (Å²) in [7, 11) is 1.98. The summed E-state index contributed by atoms with van der Waals surface area (Å²) in [6.07, 6.45) is 3.29. The maximum Gasteiger partial charge on any atom is 0.238 e. The molecule has 0 radical (unpaired) electrons. The highest BCUT2D eigenvalue weighted by atomic mass is 35.5. The zero-order valence-electron chi connectivity index (χ0n) is 12.5. The molecular formula is C15H20Cl3N3O. The first-order chi connectivity index (χ1) is 10.5. The highest BCUT2D eigenvalue weighted by molar-refractivity contribution is 6.44. The number of rotatable bonds is 4. The lowest BCUT2D eigenvalue weighted by molar-refractivity contribution is -0.117. The first-order valence-corrected chi connectivity index (χ1v) is 8.46. The third kappa shape index (κ3) is 5.00. The highest BCUT2D eigenvalue weighted by Crippen LogP contribution is 2.32. The molecule has 1 unspecified atom stereocenters. The maximum atomic E-state index is 12.2. The lowest BCUT2D eigenvalue weighted by Crippen LogP contribution is -2.38. The van der Waals surface area contributed by atoms with Crippen molar-refractivity contribution in [2.45, 2.75) is 25.3 Å². The number of hydrogen-bond donors (Lipinski definition) is 2. The fourth-order valence-corrected chi connectivity index (χ4v) is 3.20. The first kappa shape index (κ1) is 17.8. The summed E-state index contributed by atoms with van der Waals surface area (Å²) in [6.45, 7) is 2.37. The Labute approximate surface area is 146 Å². The van der Waals surface area contributed by atoms with Crippen LogP contribution in [0.2, 0.25) is 15.1 Å². The zero-order chi connectivity index (χ0) is 16.1. The molecule has 122 valence electrons. The van der Waals surface area contributed by atoms with E-state index < -0.39 is 0 Å². The number of carbonyl (C=O) groups is 1. The molecule has 0 aromatic heterocycles. The Hall–Kier alpha value is -0.520. The van der Waals surface area contributed by atoms with Crippen molar-refractivity contribution in [3.63, 3.8) is 0 Å². The van der Waals surface area contributed by atoms with Gasteiger partial charge in [0.2, 0.25) is 5.91 Å². The first-order valence-electron chi connectivity index (χ1n) is 7.32. The molecule has 0 spiro atoms. The molecule has 1 aromatic carbocycles. The van der Waals surface area contributed by atoms with E-state index in [1.54, 1.807) is 6.07 Å². The van der Waals surface area contributed by atoms with Gasteiger partial charge >= 0.3 is 0 Å². The van der Waals surface area contributed by atoms with Gasteiger partial charge in [-0.3, -0.25) is 9.69 Å². The van der Waals surface area contributed by atoms with Gasteiger partial charge in [-0.1, -0.05) is 34.8 Å². The largest absolute Gasteiger partial charge is 0.324 e. The van der Waals surface area contributed by atoms with E-state index in [1.165, 1.54) is 6.07 Å². The molecule has 2 N–H and O–H groups in total. The van der Waals surface area contributed by atoms with Gasteiger partial charge in [-0.05, 0) is 51.5 Å². The molecule has 7 heteroatoms.